The van der Waals surface area contributed by atoms with Crippen LogP contribution in [0.15, 0.2) is 0 Å². The minimum absolute atomic E-state index is 0.237. The van der Waals surface area contributed by atoms with Gasteiger partial charge >= 0.3 is 0 Å². The molecule has 6 nitrogen and oxygen atoms in total. The van der Waals surface area contributed by atoms with E-state index in [1.165, 1.54) is 0 Å². The molecular weight excluding hydrogens is 380 g/mol. The SMILES string of the molecule is CCOCCCCCC(CCCCN1CCC(=O)CC1)(OCC)N1CCC(=O)CC1. The Morgan fingerprint density at radius 2 is 1.37 bits per heavy atom. The second-order valence-electron chi connectivity index (χ2n) is 8.75. The number of hydrogen-bond donors (Lipinski definition) is 0. The molecule has 1 unspecified atom stereocenters. The predicted octanol–water partition coefficient (Wildman–Crippen LogP) is 3.82. The van der Waals surface area contributed by atoms with Crippen LogP contribution in [-0.4, -0.2) is 79.6 Å². The van der Waals surface area contributed by atoms with Crippen LogP contribution < -0.4 is 0 Å². The lowest BCUT2D eigenvalue weighted by Gasteiger charge is -2.45. The van der Waals surface area contributed by atoms with E-state index in [9.17, 15) is 9.59 Å². The van der Waals surface area contributed by atoms with E-state index < -0.39 is 0 Å². The third kappa shape index (κ3) is 8.74. The number of carbonyl (C=O) groups is 2. The minimum Gasteiger partial charge on any atom is -0.382 e. The molecule has 1 atom stereocenters. The molecule has 2 aliphatic heterocycles. The van der Waals surface area contributed by atoms with Crippen molar-refractivity contribution in [2.24, 2.45) is 0 Å². The van der Waals surface area contributed by atoms with Crippen LogP contribution in [0.2, 0.25) is 0 Å². The molecule has 2 fully saturated rings. The van der Waals surface area contributed by atoms with Crippen LogP contribution >= 0.6 is 0 Å². The number of nitrogens with zero attached hydrogens (tertiary/aromatic N) is 2. The molecule has 0 spiro atoms. The van der Waals surface area contributed by atoms with Crippen molar-refractivity contribution in [2.45, 2.75) is 90.2 Å². The van der Waals surface area contributed by atoms with E-state index in [-0.39, 0.29) is 5.72 Å². The third-order valence-corrected chi connectivity index (χ3v) is 6.58. The molecule has 0 aromatic rings. The maximum Gasteiger partial charge on any atom is 0.135 e. The fraction of sp³-hybridized carbons (Fsp3) is 0.917. The number of piperidine rings is 2. The Balaban J connectivity index is 1.86. The van der Waals surface area contributed by atoms with Crippen molar-refractivity contribution in [3.8, 4) is 0 Å². The van der Waals surface area contributed by atoms with E-state index in [2.05, 4.69) is 16.7 Å². The van der Waals surface area contributed by atoms with E-state index in [0.29, 0.717) is 43.9 Å². The van der Waals surface area contributed by atoms with Crippen LogP contribution in [0.25, 0.3) is 0 Å². The van der Waals surface area contributed by atoms with E-state index in [1.807, 2.05) is 6.92 Å². The van der Waals surface area contributed by atoms with Gasteiger partial charge in [0.2, 0.25) is 0 Å². The Hall–Kier alpha value is -0.820. The maximum absolute atomic E-state index is 11.8. The number of ether oxygens (including phenoxy) is 2. The quantitative estimate of drug-likeness (QED) is 0.373. The first-order valence-corrected chi connectivity index (χ1v) is 12.3. The van der Waals surface area contributed by atoms with Gasteiger partial charge in [-0.3, -0.25) is 14.5 Å². The monoisotopic (exact) mass is 424 g/mol. The molecular formula is C24H44N2O4. The number of rotatable bonds is 15. The third-order valence-electron chi connectivity index (χ3n) is 6.58. The molecule has 0 aliphatic carbocycles. The Kier molecular flexibility index (Phi) is 12.1. The molecule has 0 amide bonds. The highest BCUT2D eigenvalue weighted by molar-refractivity contribution is 5.79. The number of Topliss-reactive ketones (excluding diaryl/α,β-unsaturated/α-hetero) is 2. The van der Waals surface area contributed by atoms with E-state index in [1.54, 1.807) is 0 Å². The minimum atomic E-state index is -0.237. The molecule has 0 aromatic carbocycles. The van der Waals surface area contributed by atoms with Gasteiger partial charge in [0.15, 0.2) is 0 Å². The highest BCUT2D eigenvalue weighted by Gasteiger charge is 2.38. The average Bonchev–Trinajstić information content (AvgIpc) is 2.75. The van der Waals surface area contributed by atoms with Gasteiger partial charge in [0.25, 0.3) is 0 Å². The molecule has 0 N–H and O–H groups in total. The van der Waals surface area contributed by atoms with Gasteiger partial charge in [-0.2, -0.15) is 0 Å². The molecule has 174 valence electrons. The predicted molar refractivity (Wildman–Crippen MR) is 120 cm³/mol. The zero-order valence-corrected chi connectivity index (χ0v) is 19.5. The van der Waals surface area contributed by atoms with Gasteiger partial charge in [0, 0.05) is 71.7 Å². The second kappa shape index (κ2) is 14.3. The van der Waals surface area contributed by atoms with Crippen LogP contribution in [0.5, 0.6) is 0 Å². The lowest BCUT2D eigenvalue weighted by Crippen LogP contribution is -2.54. The van der Waals surface area contributed by atoms with Gasteiger partial charge in [-0.25, -0.2) is 0 Å². The Morgan fingerprint density at radius 1 is 0.767 bits per heavy atom. The van der Waals surface area contributed by atoms with Crippen molar-refractivity contribution < 1.29 is 19.1 Å². The van der Waals surface area contributed by atoms with Gasteiger partial charge < -0.3 is 14.4 Å². The highest BCUT2D eigenvalue weighted by atomic mass is 16.5. The first kappa shape index (κ1) is 25.4. The largest absolute Gasteiger partial charge is 0.382 e. The Bertz CT molecular complexity index is 493. The molecule has 2 heterocycles. The van der Waals surface area contributed by atoms with Crippen LogP contribution in [0.3, 0.4) is 0 Å². The summed E-state index contributed by atoms with van der Waals surface area (Å²) < 4.78 is 11.9. The summed E-state index contributed by atoms with van der Waals surface area (Å²) in [6.07, 6.45) is 10.4. The molecule has 30 heavy (non-hydrogen) atoms. The Labute approximate surface area is 183 Å². The number of unbranched alkanes of at least 4 members (excludes halogenated alkanes) is 3. The maximum atomic E-state index is 11.8. The van der Waals surface area contributed by atoms with E-state index in [4.69, 9.17) is 9.47 Å². The molecule has 2 aliphatic rings. The fourth-order valence-corrected chi connectivity index (χ4v) is 4.80. The van der Waals surface area contributed by atoms with Crippen LogP contribution in [-0.2, 0) is 19.1 Å². The highest BCUT2D eigenvalue weighted by Crippen LogP contribution is 2.32. The molecule has 0 aromatic heterocycles. The molecule has 0 bridgehead atoms. The fourth-order valence-electron chi connectivity index (χ4n) is 4.80. The van der Waals surface area contributed by atoms with Crippen LogP contribution in [0.1, 0.15) is 84.5 Å². The number of likely N-dealkylation sites (tertiary alicyclic amines) is 2. The molecule has 2 saturated heterocycles. The lowest BCUT2D eigenvalue weighted by molar-refractivity contribution is -0.172. The number of hydrogen-bond acceptors (Lipinski definition) is 6. The number of carbonyl (C=O) groups excluding carboxylic acids is 2. The van der Waals surface area contributed by atoms with Crippen molar-refractivity contribution >= 4 is 11.6 Å². The zero-order chi connectivity index (χ0) is 21.7. The van der Waals surface area contributed by atoms with Crippen LogP contribution in [0, 0.1) is 0 Å². The summed E-state index contributed by atoms with van der Waals surface area (Å²) in [5, 5.41) is 0. The van der Waals surface area contributed by atoms with Gasteiger partial charge in [0.1, 0.15) is 17.3 Å². The van der Waals surface area contributed by atoms with Gasteiger partial charge in [-0.05, 0) is 58.9 Å². The van der Waals surface area contributed by atoms with Crippen molar-refractivity contribution in [2.75, 3.05) is 52.5 Å². The second-order valence-corrected chi connectivity index (χ2v) is 8.75. The van der Waals surface area contributed by atoms with Gasteiger partial charge in [-0.15, -0.1) is 0 Å². The molecule has 2 rings (SSSR count). The first-order valence-electron chi connectivity index (χ1n) is 12.3. The van der Waals surface area contributed by atoms with Crippen molar-refractivity contribution in [1.82, 2.24) is 9.80 Å². The van der Waals surface area contributed by atoms with E-state index in [0.717, 1.165) is 90.9 Å². The molecule has 0 saturated carbocycles. The topological polar surface area (TPSA) is 59.1 Å². The van der Waals surface area contributed by atoms with Crippen LogP contribution in [0.4, 0.5) is 0 Å². The standard InChI is InChI=1S/C24H44N2O4/c1-3-29-21-9-5-6-14-24(30-4-2,26-19-12-23(28)13-20-26)15-7-8-16-25-17-10-22(27)11-18-25/h3-21H2,1-2H3. The van der Waals surface area contributed by atoms with E-state index >= 15 is 0 Å². The van der Waals surface area contributed by atoms with Crippen molar-refractivity contribution in [3.63, 3.8) is 0 Å². The zero-order valence-electron chi connectivity index (χ0n) is 19.5. The van der Waals surface area contributed by atoms with Gasteiger partial charge in [0.05, 0.1) is 0 Å². The lowest BCUT2D eigenvalue weighted by atomic mass is 9.93. The number of ketones is 2. The van der Waals surface area contributed by atoms with Gasteiger partial charge in [-0.1, -0.05) is 6.42 Å². The van der Waals surface area contributed by atoms with Crippen molar-refractivity contribution in [1.29, 1.82) is 0 Å². The summed E-state index contributed by atoms with van der Waals surface area (Å²) >= 11 is 0. The summed E-state index contributed by atoms with van der Waals surface area (Å²) in [7, 11) is 0. The molecule has 0 radical (unpaired) electrons. The smallest absolute Gasteiger partial charge is 0.135 e. The average molecular weight is 425 g/mol. The summed E-state index contributed by atoms with van der Waals surface area (Å²) in [4.78, 5) is 28.1. The molecule has 6 heteroatoms. The first-order chi connectivity index (χ1) is 14.6. The Morgan fingerprint density at radius 3 is 1.97 bits per heavy atom. The summed E-state index contributed by atoms with van der Waals surface area (Å²) in [6.45, 7) is 11.0. The van der Waals surface area contributed by atoms with Crippen molar-refractivity contribution in [3.05, 3.63) is 0 Å². The normalized spacial score (nSPS) is 21.1. The summed E-state index contributed by atoms with van der Waals surface area (Å²) in [5.74, 6) is 0.790. The summed E-state index contributed by atoms with van der Waals surface area (Å²) in [6, 6.07) is 0. The summed E-state index contributed by atoms with van der Waals surface area (Å²) in [5.41, 5.74) is -0.237.